The number of imidazole rings is 1. The molecule has 0 aliphatic rings. The third kappa shape index (κ3) is 3.38. The van der Waals surface area contributed by atoms with Crippen molar-refractivity contribution in [3.05, 3.63) is 88.9 Å². The van der Waals surface area contributed by atoms with Crippen LogP contribution in [0.2, 0.25) is 10.0 Å². The predicted octanol–water partition coefficient (Wildman–Crippen LogP) is 7.98. The van der Waals surface area contributed by atoms with Gasteiger partial charge in [-0.25, -0.2) is 4.98 Å². The zero-order valence-electron chi connectivity index (χ0n) is 17.9. The van der Waals surface area contributed by atoms with Crippen LogP contribution in [-0.4, -0.2) is 19.5 Å². The number of aromatic nitrogens is 4. The predicted molar refractivity (Wildman–Crippen MR) is 138 cm³/mol. The van der Waals surface area contributed by atoms with Crippen molar-refractivity contribution in [1.82, 2.24) is 19.5 Å². The highest BCUT2D eigenvalue weighted by Gasteiger charge is 2.15. The molecule has 0 saturated carbocycles. The molecule has 0 aliphatic heterocycles. The Morgan fingerprint density at radius 3 is 2.67 bits per heavy atom. The van der Waals surface area contributed by atoms with E-state index in [1.54, 1.807) is 6.20 Å². The summed E-state index contributed by atoms with van der Waals surface area (Å²) in [5.74, 6) is 0. The Balaban J connectivity index is 1.59. The van der Waals surface area contributed by atoms with Crippen LogP contribution in [0.3, 0.4) is 0 Å². The molecular formula is C27H20Cl2N4. The monoisotopic (exact) mass is 470 g/mol. The molecule has 6 heteroatoms. The van der Waals surface area contributed by atoms with Gasteiger partial charge in [0.05, 0.1) is 33.0 Å². The molecule has 0 fully saturated rings. The van der Waals surface area contributed by atoms with Crippen LogP contribution in [0.1, 0.15) is 18.9 Å². The summed E-state index contributed by atoms with van der Waals surface area (Å²) in [6.07, 6.45) is 7.63. The first-order chi connectivity index (χ1) is 16.1. The second-order valence-corrected chi connectivity index (χ2v) is 9.09. The molecule has 0 radical (unpaired) electrons. The van der Waals surface area contributed by atoms with Crippen LogP contribution in [0.25, 0.3) is 49.7 Å². The van der Waals surface area contributed by atoms with E-state index in [0.29, 0.717) is 10.0 Å². The average Bonchev–Trinajstić information content (AvgIpc) is 3.45. The smallest absolute Gasteiger partial charge is 0.108 e. The van der Waals surface area contributed by atoms with Crippen molar-refractivity contribution in [3.8, 4) is 16.8 Å². The largest absolute Gasteiger partial charge is 0.361 e. The third-order valence-corrected chi connectivity index (χ3v) is 6.75. The number of hydrogen-bond acceptors (Lipinski definition) is 2. The summed E-state index contributed by atoms with van der Waals surface area (Å²) in [5, 5.41) is 3.49. The van der Waals surface area contributed by atoms with Crippen LogP contribution in [0.15, 0.2) is 73.3 Å². The third-order valence-electron chi connectivity index (χ3n) is 6.14. The molecule has 3 aromatic heterocycles. The quantitative estimate of drug-likeness (QED) is 0.283. The fourth-order valence-electron chi connectivity index (χ4n) is 4.53. The number of fused-ring (bicyclic) bond motifs is 4. The molecule has 33 heavy (non-hydrogen) atoms. The van der Waals surface area contributed by atoms with E-state index in [0.717, 1.165) is 62.5 Å². The normalized spacial score (nSPS) is 11.7. The zero-order chi connectivity index (χ0) is 22.5. The number of aromatic amines is 1. The van der Waals surface area contributed by atoms with Gasteiger partial charge in [0, 0.05) is 22.7 Å². The lowest BCUT2D eigenvalue weighted by molar-refractivity contribution is 0.920. The van der Waals surface area contributed by atoms with Crippen LogP contribution >= 0.6 is 23.2 Å². The minimum absolute atomic E-state index is 0.664. The van der Waals surface area contributed by atoms with Gasteiger partial charge in [0.2, 0.25) is 0 Å². The number of hydrogen-bond donors (Lipinski definition) is 1. The highest BCUT2D eigenvalue weighted by atomic mass is 35.5. The topological polar surface area (TPSA) is 46.5 Å². The summed E-state index contributed by atoms with van der Waals surface area (Å²) in [5.41, 5.74) is 7.83. The molecule has 0 unspecified atom stereocenters. The fraction of sp³-hybridized carbons (Fsp3) is 0.111. The standard InChI is InChI=1S/C27H20Cl2N4/c1-2-3-16-4-7-26(22(29)10-16)33-15-32-25-14-31-24-13-21(28)19(12-20(24)27(25)33)17-5-6-23-18(11-17)8-9-30-23/h4-15,30H,2-3H2,1H3. The maximum absolute atomic E-state index is 6.73. The van der Waals surface area contributed by atoms with Crippen molar-refractivity contribution in [1.29, 1.82) is 0 Å². The molecule has 0 spiro atoms. The first-order valence-corrected chi connectivity index (χ1v) is 11.7. The molecular weight excluding hydrogens is 451 g/mol. The molecule has 3 aromatic carbocycles. The van der Waals surface area contributed by atoms with Gasteiger partial charge in [-0.2, -0.15) is 0 Å². The van der Waals surface area contributed by atoms with E-state index in [4.69, 9.17) is 23.2 Å². The Kier molecular flexibility index (Phi) is 4.86. The van der Waals surface area contributed by atoms with Gasteiger partial charge < -0.3 is 4.98 Å². The second kappa shape index (κ2) is 7.91. The number of aryl methyl sites for hydroxylation is 1. The van der Waals surface area contributed by atoms with Crippen LogP contribution in [0, 0.1) is 0 Å². The van der Waals surface area contributed by atoms with Crippen LogP contribution in [-0.2, 0) is 6.42 Å². The van der Waals surface area contributed by atoms with Crippen molar-refractivity contribution >= 4 is 56.0 Å². The van der Waals surface area contributed by atoms with E-state index in [1.165, 1.54) is 5.56 Å². The fourth-order valence-corrected chi connectivity index (χ4v) is 5.09. The van der Waals surface area contributed by atoms with Gasteiger partial charge in [-0.1, -0.05) is 48.7 Å². The molecule has 162 valence electrons. The molecule has 1 N–H and O–H groups in total. The van der Waals surface area contributed by atoms with Crippen LogP contribution in [0.4, 0.5) is 0 Å². The van der Waals surface area contributed by atoms with Crippen LogP contribution in [0.5, 0.6) is 0 Å². The van der Waals surface area contributed by atoms with Gasteiger partial charge in [0.1, 0.15) is 11.8 Å². The lowest BCUT2D eigenvalue weighted by Crippen LogP contribution is -1.96. The number of nitrogens with zero attached hydrogens (tertiary/aromatic N) is 3. The van der Waals surface area contributed by atoms with Gasteiger partial charge in [-0.05, 0) is 65.4 Å². The van der Waals surface area contributed by atoms with E-state index < -0.39 is 0 Å². The average molecular weight is 471 g/mol. The number of halogens is 2. The van der Waals surface area contributed by atoms with Crippen molar-refractivity contribution in [2.45, 2.75) is 19.8 Å². The maximum atomic E-state index is 6.73. The zero-order valence-corrected chi connectivity index (χ0v) is 19.5. The summed E-state index contributed by atoms with van der Waals surface area (Å²) in [7, 11) is 0. The number of nitrogens with one attached hydrogen (secondary N) is 1. The lowest BCUT2D eigenvalue weighted by Gasteiger charge is -2.12. The molecule has 4 nitrogen and oxygen atoms in total. The summed E-state index contributed by atoms with van der Waals surface area (Å²) in [6, 6.07) is 18.6. The first kappa shape index (κ1) is 20.3. The Hall–Kier alpha value is -3.34. The van der Waals surface area contributed by atoms with Crippen molar-refractivity contribution in [2.75, 3.05) is 0 Å². The van der Waals surface area contributed by atoms with E-state index in [-0.39, 0.29) is 0 Å². The number of H-pyrrole nitrogens is 1. The Labute approximate surface area is 200 Å². The van der Waals surface area contributed by atoms with Crippen LogP contribution < -0.4 is 0 Å². The van der Waals surface area contributed by atoms with Crippen molar-refractivity contribution in [3.63, 3.8) is 0 Å². The van der Waals surface area contributed by atoms with E-state index in [1.807, 2.05) is 29.2 Å². The van der Waals surface area contributed by atoms with E-state index in [2.05, 4.69) is 64.3 Å². The summed E-state index contributed by atoms with van der Waals surface area (Å²) >= 11 is 13.4. The summed E-state index contributed by atoms with van der Waals surface area (Å²) in [6.45, 7) is 2.17. The second-order valence-electron chi connectivity index (χ2n) is 8.27. The van der Waals surface area contributed by atoms with Gasteiger partial charge in [-0.3, -0.25) is 9.55 Å². The molecule has 0 atom stereocenters. The molecule has 0 aliphatic carbocycles. The Morgan fingerprint density at radius 2 is 1.82 bits per heavy atom. The van der Waals surface area contributed by atoms with Crippen molar-refractivity contribution in [2.24, 2.45) is 0 Å². The van der Waals surface area contributed by atoms with Gasteiger partial charge in [0.25, 0.3) is 0 Å². The molecule has 6 rings (SSSR count). The van der Waals surface area contributed by atoms with E-state index >= 15 is 0 Å². The number of rotatable bonds is 4. The molecule has 6 aromatic rings. The summed E-state index contributed by atoms with van der Waals surface area (Å²) in [4.78, 5) is 12.5. The molecule has 3 heterocycles. The van der Waals surface area contributed by atoms with Gasteiger partial charge in [-0.15, -0.1) is 0 Å². The van der Waals surface area contributed by atoms with Gasteiger partial charge in [0.15, 0.2) is 0 Å². The Bertz CT molecular complexity index is 1660. The molecule has 0 bridgehead atoms. The van der Waals surface area contributed by atoms with Gasteiger partial charge >= 0.3 is 0 Å². The minimum atomic E-state index is 0.664. The van der Waals surface area contributed by atoms with E-state index in [9.17, 15) is 0 Å². The Morgan fingerprint density at radius 1 is 0.909 bits per heavy atom. The highest BCUT2D eigenvalue weighted by molar-refractivity contribution is 6.34. The first-order valence-electron chi connectivity index (χ1n) is 10.9. The molecule has 0 saturated heterocycles. The SMILES string of the molecule is CCCc1ccc(-n2cnc3cnc4cc(Cl)c(-c5ccc6[nH]ccc6c5)cc4c32)c(Cl)c1. The minimum Gasteiger partial charge on any atom is -0.361 e. The lowest BCUT2D eigenvalue weighted by atomic mass is 10.0. The highest BCUT2D eigenvalue weighted by Crippen LogP contribution is 2.36. The maximum Gasteiger partial charge on any atom is 0.108 e. The van der Waals surface area contributed by atoms with Crippen molar-refractivity contribution < 1.29 is 0 Å². The summed E-state index contributed by atoms with van der Waals surface area (Å²) < 4.78 is 2.05. The number of benzene rings is 3. The number of pyridine rings is 1. The molecule has 0 amide bonds.